The molecule has 0 aromatic heterocycles. The Bertz CT molecular complexity index is 1710. The van der Waals surface area contributed by atoms with E-state index in [4.69, 9.17) is 9.47 Å². The molecule has 14 nitrogen and oxygen atoms in total. The molecule has 0 aliphatic carbocycles. The number of nitro benzene ring substituents is 2. The van der Waals surface area contributed by atoms with E-state index in [0.29, 0.717) is 33.4 Å². The third-order valence-electron chi connectivity index (χ3n) is 5.94. The molecule has 0 amide bonds. The first-order chi connectivity index (χ1) is 19.2. The van der Waals surface area contributed by atoms with Crippen molar-refractivity contribution in [2.24, 2.45) is 10.2 Å². The van der Waals surface area contributed by atoms with Crippen molar-refractivity contribution in [2.75, 3.05) is 14.2 Å². The van der Waals surface area contributed by atoms with Crippen LogP contribution in [0.4, 0.5) is 11.4 Å². The van der Waals surface area contributed by atoms with Crippen LogP contribution in [0.25, 0.3) is 10.8 Å². The number of nitrogens with one attached hydrogen (secondary N) is 2. The number of hydrogen-bond donors (Lipinski definition) is 2. The molecular weight excluding hydrogens is 524 g/mol. The summed E-state index contributed by atoms with van der Waals surface area (Å²) in [6.45, 7) is -0.0446. The van der Waals surface area contributed by atoms with Gasteiger partial charge in [0.1, 0.15) is 22.2 Å². The van der Waals surface area contributed by atoms with Crippen LogP contribution in [0.1, 0.15) is 11.1 Å². The van der Waals surface area contributed by atoms with Gasteiger partial charge < -0.3 is 20.3 Å². The number of fused-ring (bicyclic) bond motifs is 1. The highest BCUT2D eigenvalue weighted by molar-refractivity contribution is 5.81. The van der Waals surface area contributed by atoms with Crippen molar-refractivity contribution in [1.82, 2.24) is 10.9 Å². The van der Waals surface area contributed by atoms with Crippen LogP contribution < -0.4 is 41.9 Å². The van der Waals surface area contributed by atoms with E-state index in [-0.39, 0.29) is 35.2 Å². The van der Waals surface area contributed by atoms with Crippen LogP contribution in [0.3, 0.4) is 0 Å². The number of non-ortho nitro benzene ring substituents is 2. The van der Waals surface area contributed by atoms with Gasteiger partial charge in [0.25, 0.3) is 22.2 Å². The Morgan fingerprint density at radius 3 is 1.45 bits per heavy atom. The number of ether oxygens (including phenoxy) is 2. The van der Waals surface area contributed by atoms with Crippen molar-refractivity contribution in [3.05, 3.63) is 123 Å². The Kier molecular flexibility index (Phi) is 8.08. The molecule has 14 heteroatoms. The molecule has 0 unspecified atom stereocenters. The first kappa shape index (κ1) is 27.4. The number of rotatable bonds is 10. The Labute approximate surface area is 224 Å². The SMILES string of the molecule is COc1ccc([N+](=O)[O-])cc1CN/N=c1\c(=O)c(=O)/c(=N\NCc2cc([N+](=O)[O-])ccc2OC)c2ccccc12. The molecule has 0 aliphatic rings. The zero-order valence-corrected chi connectivity index (χ0v) is 21.2. The van der Waals surface area contributed by atoms with Gasteiger partial charge in [-0.2, -0.15) is 10.2 Å². The quantitative estimate of drug-likeness (QED) is 0.167. The third kappa shape index (κ3) is 5.60. The number of nitrogens with zero attached hydrogens (tertiary/aromatic N) is 4. The number of methoxy groups -OCH3 is 2. The summed E-state index contributed by atoms with van der Waals surface area (Å²) in [5.74, 6) is 0.760. The molecule has 0 saturated heterocycles. The summed E-state index contributed by atoms with van der Waals surface area (Å²) in [6, 6.07) is 14.7. The molecule has 0 atom stereocenters. The van der Waals surface area contributed by atoms with Gasteiger partial charge in [-0.05, 0) is 12.1 Å². The van der Waals surface area contributed by atoms with Gasteiger partial charge in [0.05, 0.1) is 37.2 Å². The molecule has 2 N–H and O–H groups in total. The Hall–Kier alpha value is -5.66. The molecule has 204 valence electrons. The van der Waals surface area contributed by atoms with Gasteiger partial charge in [0.15, 0.2) is 0 Å². The molecule has 4 aromatic rings. The molecule has 4 rings (SSSR count). The van der Waals surface area contributed by atoms with Crippen LogP contribution in [0.15, 0.2) is 80.5 Å². The van der Waals surface area contributed by atoms with Crippen molar-refractivity contribution >= 4 is 22.1 Å². The van der Waals surface area contributed by atoms with Gasteiger partial charge in [-0.1, -0.05) is 24.3 Å². The van der Waals surface area contributed by atoms with Gasteiger partial charge >= 0.3 is 0 Å². The topological polar surface area (TPSA) is 188 Å². The lowest BCUT2D eigenvalue weighted by Gasteiger charge is -2.08. The lowest BCUT2D eigenvalue weighted by molar-refractivity contribution is -0.385. The van der Waals surface area contributed by atoms with Crippen LogP contribution in [0.2, 0.25) is 0 Å². The van der Waals surface area contributed by atoms with Crippen LogP contribution >= 0.6 is 0 Å². The molecule has 0 aliphatic heterocycles. The second-order valence-electron chi connectivity index (χ2n) is 8.30. The maximum atomic E-state index is 13.0. The fourth-order valence-corrected chi connectivity index (χ4v) is 4.02. The number of hydrogen-bond acceptors (Lipinski definition) is 12. The van der Waals surface area contributed by atoms with E-state index >= 15 is 0 Å². The summed E-state index contributed by atoms with van der Waals surface area (Å²) >= 11 is 0. The fourth-order valence-electron chi connectivity index (χ4n) is 4.02. The predicted molar refractivity (Wildman–Crippen MR) is 143 cm³/mol. The second-order valence-corrected chi connectivity index (χ2v) is 8.30. The molecule has 0 heterocycles. The monoisotopic (exact) mass is 546 g/mol. The summed E-state index contributed by atoms with van der Waals surface area (Å²) in [6.07, 6.45) is 0. The van der Waals surface area contributed by atoms with Crippen molar-refractivity contribution in [2.45, 2.75) is 13.1 Å². The summed E-state index contributed by atoms with van der Waals surface area (Å²) in [5.41, 5.74) is 4.13. The highest BCUT2D eigenvalue weighted by atomic mass is 16.6. The Morgan fingerprint density at radius 2 is 1.10 bits per heavy atom. The summed E-state index contributed by atoms with van der Waals surface area (Å²) in [5, 5.41) is 30.9. The molecular formula is C26H22N6O8. The molecule has 0 saturated carbocycles. The fraction of sp³-hybridized carbons (Fsp3) is 0.154. The predicted octanol–water partition coefficient (Wildman–Crippen LogP) is 1.48. The average molecular weight is 546 g/mol. The molecule has 0 bridgehead atoms. The Balaban J connectivity index is 1.70. The second kappa shape index (κ2) is 11.8. The van der Waals surface area contributed by atoms with E-state index in [1.807, 2.05) is 0 Å². The lowest BCUT2D eigenvalue weighted by atomic mass is 10.1. The average Bonchev–Trinajstić information content (AvgIpc) is 2.96. The first-order valence-corrected chi connectivity index (χ1v) is 11.7. The van der Waals surface area contributed by atoms with E-state index in [1.54, 1.807) is 24.3 Å². The number of benzene rings is 4. The summed E-state index contributed by atoms with van der Waals surface area (Å²) < 4.78 is 10.5. The molecule has 0 spiro atoms. The van der Waals surface area contributed by atoms with E-state index in [0.717, 1.165) is 0 Å². The minimum atomic E-state index is -0.911. The first-order valence-electron chi connectivity index (χ1n) is 11.7. The van der Waals surface area contributed by atoms with E-state index in [1.165, 1.54) is 50.6 Å². The van der Waals surface area contributed by atoms with E-state index < -0.39 is 20.7 Å². The van der Waals surface area contributed by atoms with Crippen LogP contribution in [-0.2, 0) is 13.1 Å². The Morgan fingerprint density at radius 1 is 0.700 bits per heavy atom. The summed E-state index contributed by atoms with van der Waals surface area (Å²) in [4.78, 5) is 47.2. The van der Waals surface area contributed by atoms with Gasteiger partial charge in [-0.3, -0.25) is 29.8 Å². The largest absolute Gasteiger partial charge is 0.496 e. The van der Waals surface area contributed by atoms with E-state index in [9.17, 15) is 29.8 Å². The molecule has 0 radical (unpaired) electrons. The van der Waals surface area contributed by atoms with Crippen LogP contribution in [0.5, 0.6) is 11.5 Å². The van der Waals surface area contributed by atoms with Gasteiger partial charge in [0.2, 0.25) is 0 Å². The third-order valence-corrected chi connectivity index (χ3v) is 5.94. The van der Waals surface area contributed by atoms with Crippen molar-refractivity contribution < 1.29 is 19.3 Å². The minimum Gasteiger partial charge on any atom is -0.496 e. The maximum absolute atomic E-state index is 13.0. The highest BCUT2D eigenvalue weighted by Crippen LogP contribution is 2.24. The van der Waals surface area contributed by atoms with Crippen LogP contribution in [0, 0.1) is 20.2 Å². The normalized spacial score (nSPS) is 11.8. The molecule has 40 heavy (non-hydrogen) atoms. The van der Waals surface area contributed by atoms with Gasteiger partial charge in [-0.15, -0.1) is 0 Å². The number of nitro groups is 2. The molecule has 0 fully saturated rings. The van der Waals surface area contributed by atoms with Crippen LogP contribution in [-0.4, -0.2) is 24.1 Å². The minimum absolute atomic E-state index is 0.0223. The summed E-state index contributed by atoms with van der Waals surface area (Å²) in [7, 11) is 2.83. The lowest BCUT2D eigenvalue weighted by Crippen LogP contribution is -2.49. The van der Waals surface area contributed by atoms with Crippen molar-refractivity contribution in [1.29, 1.82) is 0 Å². The van der Waals surface area contributed by atoms with Gasteiger partial charge in [-0.25, -0.2) is 0 Å². The highest BCUT2D eigenvalue weighted by Gasteiger charge is 2.14. The van der Waals surface area contributed by atoms with Crippen molar-refractivity contribution in [3.8, 4) is 11.5 Å². The molecule has 4 aromatic carbocycles. The standard InChI is InChI=1S/C26H22N6O8/c1-39-21-9-7-17(31(35)36)11-15(21)13-27-29-23-19-5-3-4-6-20(19)24(26(34)25(23)33)30-28-14-16-12-18(32(37)38)8-10-22(16)40-2/h3-12,27-28H,13-14H2,1-2H3/b29-23-,30-24-. The van der Waals surface area contributed by atoms with Crippen molar-refractivity contribution in [3.63, 3.8) is 0 Å². The maximum Gasteiger partial charge on any atom is 0.270 e. The zero-order valence-electron chi connectivity index (χ0n) is 21.2. The van der Waals surface area contributed by atoms with Gasteiger partial charge in [0, 0.05) is 46.2 Å². The van der Waals surface area contributed by atoms with E-state index in [2.05, 4.69) is 21.1 Å². The smallest absolute Gasteiger partial charge is 0.270 e. The zero-order chi connectivity index (χ0) is 28.8.